The fraction of sp³-hybridized carbons (Fsp3) is 0.786. The van der Waals surface area contributed by atoms with Crippen molar-refractivity contribution in [2.45, 2.75) is 49.8 Å². The van der Waals surface area contributed by atoms with Gasteiger partial charge in [-0.15, -0.1) is 11.8 Å². The molecule has 1 heterocycles. The number of rotatable bonds is 7. The van der Waals surface area contributed by atoms with Crippen molar-refractivity contribution >= 4 is 29.5 Å². The number of amides is 3. The Labute approximate surface area is 135 Å². The first-order valence-corrected chi connectivity index (χ1v) is 8.28. The van der Waals surface area contributed by atoms with E-state index in [0.717, 1.165) is 11.3 Å². The summed E-state index contributed by atoms with van der Waals surface area (Å²) in [5.74, 6) is -1.63. The van der Waals surface area contributed by atoms with Gasteiger partial charge in [-0.2, -0.15) is 0 Å². The zero-order chi connectivity index (χ0) is 17.1. The number of thioether (sulfide) groups is 1. The summed E-state index contributed by atoms with van der Waals surface area (Å²) in [6.07, 6.45) is 0.860. The predicted octanol–water partition coefficient (Wildman–Crippen LogP) is -0.359. The van der Waals surface area contributed by atoms with Crippen molar-refractivity contribution in [2.24, 2.45) is 17.4 Å². The average molecular weight is 330 g/mol. The molecule has 3 unspecified atom stereocenters. The van der Waals surface area contributed by atoms with Crippen molar-refractivity contribution in [3.05, 3.63) is 0 Å². The Morgan fingerprint density at radius 2 is 2.09 bits per heavy atom. The molecule has 0 saturated carbocycles. The molecule has 7 nitrogen and oxygen atoms in total. The molecule has 0 radical (unpaired) electrons. The second-order valence-corrected chi connectivity index (χ2v) is 7.79. The van der Waals surface area contributed by atoms with E-state index in [9.17, 15) is 14.4 Å². The number of nitrogens with one attached hydrogen (secondary N) is 1. The molecule has 126 valence electrons. The van der Waals surface area contributed by atoms with Crippen LogP contribution in [0.15, 0.2) is 0 Å². The maximum Gasteiger partial charge on any atom is 0.244 e. The van der Waals surface area contributed by atoms with Crippen LogP contribution in [0.25, 0.3) is 0 Å². The van der Waals surface area contributed by atoms with Gasteiger partial charge in [0.05, 0.1) is 11.3 Å². The summed E-state index contributed by atoms with van der Waals surface area (Å²) in [6, 6.07) is -0.948. The van der Waals surface area contributed by atoms with E-state index in [1.807, 2.05) is 20.8 Å². The third kappa shape index (κ3) is 3.80. The highest BCUT2D eigenvalue weighted by atomic mass is 32.2. The molecule has 1 aliphatic heterocycles. The molecule has 0 aromatic carbocycles. The van der Waals surface area contributed by atoms with Crippen molar-refractivity contribution in [3.63, 3.8) is 0 Å². The van der Waals surface area contributed by atoms with Gasteiger partial charge in [0.15, 0.2) is 0 Å². The second kappa shape index (κ2) is 7.43. The maximum absolute atomic E-state index is 12.7. The minimum absolute atomic E-state index is 0.0861. The van der Waals surface area contributed by atoms with E-state index in [1.165, 1.54) is 18.8 Å². The molecular weight excluding hydrogens is 304 g/mol. The molecule has 3 atom stereocenters. The molecule has 1 aliphatic rings. The third-order valence-electron chi connectivity index (χ3n) is 3.96. The number of hydrogen-bond acceptors (Lipinski definition) is 6. The molecule has 0 aromatic rings. The van der Waals surface area contributed by atoms with Crippen LogP contribution in [-0.4, -0.2) is 52.4 Å². The Hall–Kier alpha value is -1.12. The zero-order valence-electron chi connectivity index (χ0n) is 13.6. The van der Waals surface area contributed by atoms with E-state index in [1.54, 1.807) is 0 Å². The van der Waals surface area contributed by atoms with Crippen LogP contribution in [0.3, 0.4) is 0 Å². The molecular formula is C14H26N4O3S. The highest BCUT2D eigenvalue weighted by Crippen LogP contribution is 2.41. The van der Waals surface area contributed by atoms with Gasteiger partial charge < -0.3 is 16.8 Å². The molecule has 0 aliphatic carbocycles. The van der Waals surface area contributed by atoms with Crippen molar-refractivity contribution in [1.29, 1.82) is 0 Å². The van der Waals surface area contributed by atoms with E-state index < -0.39 is 22.6 Å². The van der Waals surface area contributed by atoms with Crippen LogP contribution in [0, 0.1) is 5.92 Å². The summed E-state index contributed by atoms with van der Waals surface area (Å²) in [4.78, 5) is 37.8. The standard InChI is InChI=1S/C14H26N4O3S/c1-5-10(16)22-14(2,3)8-6-11(19)18(13(8)21)9(7-15)12(20)17-4/h8-10H,5-7,15-16H2,1-4H3,(H,17,20). The highest BCUT2D eigenvalue weighted by Gasteiger charge is 2.50. The van der Waals surface area contributed by atoms with Gasteiger partial charge in [0.25, 0.3) is 0 Å². The van der Waals surface area contributed by atoms with Crippen LogP contribution < -0.4 is 16.8 Å². The van der Waals surface area contributed by atoms with Gasteiger partial charge in [-0.25, -0.2) is 0 Å². The maximum atomic E-state index is 12.7. The Bertz CT molecular complexity index is 455. The molecule has 0 spiro atoms. The molecule has 0 aromatic heterocycles. The van der Waals surface area contributed by atoms with E-state index in [2.05, 4.69) is 5.32 Å². The summed E-state index contributed by atoms with van der Waals surface area (Å²) in [5.41, 5.74) is 11.5. The lowest BCUT2D eigenvalue weighted by atomic mass is 9.93. The molecule has 1 saturated heterocycles. The molecule has 0 bridgehead atoms. The average Bonchev–Trinajstić information content (AvgIpc) is 2.76. The minimum atomic E-state index is -0.948. The predicted molar refractivity (Wildman–Crippen MR) is 86.8 cm³/mol. The molecule has 22 heavy (non-hydrogen) atoms. The number of carbonyl (C=O) groups is 3. The third-order valence-corrected chi connectivity index (χ3v) is 5.49. The monoisotopic (exact) mass is 330 g/mol. The van der Waals surface area contributed by atoms with Gasteiger partial charge >= 0.3 is 0 Å². The van der Waals surface area contributed by atoms with Gasteiger partial charge in [-0.1, -0.05) is 6.92 Å². The van der Waals surface area contributed by atoms with Crippen molar-refractivity contribution in [2.75, 3.05) is 13.6 Å². The van der Waals surface area contributed by atoms with Crippen molar-refractivity contribution in [3.8, 4) is 0 Å². The van der Waals surface area contributed by atoms with Gasteiger partial charge in [-0.3, -0.25) is 19.3 Å². The first kappa shape index (κ1) is 18.9. The quantitative estimate of drug-likeness (QED) is 0.433. The fourth-order valence-corrected chi connectivity index (χ4v) is 3.87. The fourth-order valence-electron chi connectivity index (χ4n) is 2.57. The van der Waals surface area contributed by atoms with E-state index in [4.69, 9.17) is 11.5 Å². The normalized spacial score (nSPS) is 21.9. The van der Waals surface area contributed by atoms with Crippen molar-refractivity contribution < 1.29 is 14.4 Å². The lowest BCUT2D eigenvalue weighted by Gasteiger charge is -2.32. The number of hydrogen-bond donors (Lipinski definition) is 3. The van der Waals surface area contributed by atoms with E-state index >= 15 is 0 Å². The van der Waals surface area contributed by atoms with Gasteiger partial charge in [-0.05, 0) is 20.3 Å². The number of nitrogens with two attached hydrogens (primary N) is 2. The second-order valence-electron chi connectivity index (χ2n) is 5.89. The summed E-state index contributed by atoms with van der Waals surface area (Å²) in [6.45, 7) is 5.69. The van der Waals surface area contributed by atoms with Crippen LogP contribution >= 0.6 is 11.8 Å². The first-order chi connectivity index (χ1) is 10.2. The Kier molecular flexibility index (Phi) is 6.39. The molecule has 1 fully saturated rings. The highest BCUT2D eigenvalue weighted by molar-refractivity contribution is 8.01. The Balaban J connectivity index is 2.98. The van der Waals surface area contributed by atoms with E-state index in [0.29, 0.717) is 0 Å². The van der Waals surface area contributed by atoms with Crippen LogP contribution in [0.2, 0.25) is 0 Å². The molecule has 3 amide bonds. The van der Waals surface area contributed by atoms with E-state index in [-0.39, 0.29) is 30.2 Å². The lowest BCUT2D eigenvalue weighted by molar-refractivity contribution is -0.147. The number of likely N-dealkylation sites (tertiary alicyclic amines) is 1. The summed E-state index contributed by atoms with van der Waals surface area (Å²) >= 11 is 1.49. The number of imide groups is 1. The lowest BCUT2D eigenvalue weighted by Crippen LogP contribution is -2.53. The van der Waals surface area contributed by atoms with Crippen LogP contribution in [0.4, 0.5) is 0 Å². The summed E-state index contributed by atoms with van der Waals surface area (Å²) in [7, 11) is 1.45. The summed E-state index contributed by atoms with van der Waals surface area (Å²) < 4.78 is -0.487. The van der Waals surface area contributed by atoms with Gasteiger partial charge in [0.2, 0.25) is 17.7 Å². The zero-order valence-corrected chi connectivity index (χ0v) is 14.4. The Morgan fingerprint density at radius 1 is 1.50 bits per heavy atom. The molecule has 1 rings (SSSR count). The van der Waals surface area contributed by atoms with Crippen LogP contribution in [-0.2, 0) is 14.4 Å². The first-order valence-electron chi connectivity index (χ1n) is 7.40. The number of carbonyl (C=O) groups excluding carboxylic acids is 3. The minimum Gasteiger partial charge on any atom is -0.357 e. The SMILES string of the molecule is CCC(N)SC(C)(C)C1CC(=O)N(C(CN)C(=O)NC)C1=O. The number of nitrogens with zero attached hydrogens (tertiary/aromatic N) is 1. The molecule has 8 heteroatoms. The summed E-state index contributed by atoms with van der Waals surface area (Å²) in [5, 5.41) is 2.34. The smallest absolute Gasteiger partial charge is 0.244 e. The molecule has 5 N–H and O–H groups in total. The van der Waals surface area contributed by atoms with Crippen molar-refractivity contribution in [1.82, 2.24) is 10.2 Å². The topological polar surface area (TPSA) is 119 Å². The number of likely N-dealkylation sites (N-methyl/N-ethyl adjacent to an activating group) is 1. The van der Waals surface area contributed by atoms with Crippen LogP contribution in [0.1, 0.15) is 33.6 Å². The van der Waals surface area contributed by atoms with Crippen LogP contribution in [0.5, 0.6) is 0 Å². The largest absolute Gasteiger partial charge is 0.357 e. The van der Waals surface area contributed by atoms with Gasteiger partial charge in [0, 0.05) is 24.8 Å². The Morgan fingerprint density at radius 3 is 2.55 bits per heavy atom. The van der Waals surface area contributed by atoms with Gasteiger partial charge in [0.1, 0.15) is 6.04 Å².